The van der Waals surface area contributed by atoms with Crippen LogP contribution in [0, 0.1) is 0 Å². The Hall–Kier alpha value is -1.53. The Balaban J connectivity index is 2.12. The van der Waals surface area contributed by atoms with Crippen LogP contribution in [0.2, 0.25) is 0 Å². The molecule has 0 amide bonds. The lowest BCUT2D eigenvalue weighted by molar-refractivity contribution is 0.0838. The third kappa shape index (κ3) is 3.08. The fraction of sp³-hybridized carbons (Fsp3) is 0.385. The van der Waals surface area contributed by atoms with Gasteiger partial charge in [0.25, 0.3) is 0 Å². The molecule has 0 spiro atoms. The van der Waals surface area contributed by atoms with Gasteiger partial charge in [-0.1, -0.05) is 42.1 Å². The maximum absolute atomic E-state index is 11.4. The van der Waals surface area contributed by atoms with Crippen LogP contribution in [0.1, 0.15) is 19.4 Å². The van der Waals surface area contributed by atoms with Crippen molar-refractivity contribution in [2.75, 3.05) is 5.75 Å². The number of H-pyrrole nitrogens is 1. The first-order valence-electron chi connectivity index (χ1n) is 6.10. The Bertz CT molecular complexity index is 589. The van der Waals surface area contributed by atoms with Crippen LogP contribution in [0.5, 0.6) is 0 Å². The van der Waals surface area contributed by atoms with Crippen LogP contribution in [0.4, 0.5) is 0 Å². The summed E-state index contributed by atoms with van der Waals surface area (Å²) < 4.78 is 1.55. The first kappa shape index (κ1) is 13.9. The van der Waals surface area contributed by atoms with Gasteiger partial charge < -0.3 is 5.11 Å². The molecular formula is C13H17N3O2S. The van der Waals surface area contributed by atoms with E-state index in [0.29, 0.717) is 17.5 Å². The maximum Gasteiger partial charge on any atom is 0.343 e. The predicted molar refractivity (Wildman–Crippen MR) is 75.3 cm³/mol. The van der Waals surface area contributed by atoms with Crippen LogP contribution in [0.15, 0.2) is 40.3 Å². The monoisotopic (exact) mass is 279 g/mol. The molecule has 0 bridgehead atoms. The average Bonchev–Trinajstić information content (AvgIpc) is 2.78. The van der Waals surface area contributed by atoms with Gasteiger partial charge in [-0.2, -0.15) is 0 Å². The predicted octanol–water partition coefficient (Wildman–Crippen LogP) is 1.59. The molecule has 19 heavy (non-hydrogen) atoms. The third-order valence-electron chi connectivity index (χ3n) is 2.92. The lowest BCUT2D eigenvalue weighted by Crippen LogP contribution is -2.24. The Labute approximate surface area is 115 Å². The zero-order valence-corrected chi connectivity index (χ0v) is 11.8. The highest BCUT2D eigenvalue weighted by Gasteiger charge is 2.24. The molecule has 6 heteroatoms. The lowest BCUT2D eigenvalue weighted by atomic mass is 9.99. The van der Waals surface area contributed by atoms with E-state index in [1.54, 1.807) is 11.5 Å². The van der Waals surface area contributed by atoms with Crippen LogP contribution in [-0.4, -0.2) is 25.6 Å². The fourth-order valence-corrected chi connectivity index (χ4v) is 2.83. The second kappa shape index (κ2) is 5.63. The number of rotatable bonds is 5. The number of nitrogens with one attached hydrogen (secondary N) is 1. The lowest BCUT2D eigenvalue weighted by Gasteiger charge is -2.23. The van der Waals surface area contributed by atoms with Crippen molar-refractivity contribution in [2.45, 2.75) is 31.1 Å². The summed E-state index contributed by atoms with van der Waals surface area (Å²) in [7, 11) is 0. The first-order chi connectivity index (χ1) is 9.04. The summed E-state index contributed by atoms with van der Waals surface area (Å²) in [6.45, 7) is 4.21. The summed E-state index contributed by atoms with van der Waals surface area (Å²) in [5, 5.41) is 17.5. The van der Waals surface area contributed by atoms with E-state index >= 15 is 0 Å². The number of aromatic nitrogens is 3. The molecule has 2 rings (SSSR count). The van der Waals surface area contributed by atoms with E-state index in [0.717, 1.165) is 5.56 Å². The molecule has 0 radical (unpaired) electrons. The van der Waals surface area contributed by atoms with Gasteiger partial charge in [0.2, 0.25) is 0 Å². The number of hydrogen-bond donors (Lipinski definition) is 2. The summed E-state index contributed by atoms with van der Waals surface area (Å²) >= 11 is 1.36. The fourth-order valence-electron chi connectivity index (χ4n) is 1.78. The zero-order chi connectivity index (χ0) is 13.9. The van der Waals surface area contributed by atoms with Gasteiger partial charge in [-0.3, -0.25) is 4.57 Å². The first-order valence-corrected chi connectivity index (χ1v) is 7.09. The Morgan fingerprint density at radius 2 is 2.11 bits per heavy atom. The third-order valence-corrected chi connectivity index (χ3v) is 4.19. The minimum Gasteiger partial charge on any atom is -0.385 e. The smallest absolute Gasteiger partial charge is 0.343 e. The van der Waals surface area contributed by atoms with Crippen molar-refractivity contribution < 1.29 is 5.11 Å². The molecule has 1 heterocycles. The van der Waals surface area contributed by atoms with Crippen molar-refractivity contribution in [3.8, 4) is 0 Å². The zero-order valence-electron chi connectivity index (χ0n) is 11.0. The summed E-state index contributed by atoms with van der Waals surface area (Å²) in [6, 6.07) is 9.47. The van der Waals surface area contributed by atoms with Crippen molar-refractivity contribution in [3.63, 3.8) is 0 Å². The molecule has 102 valence electrons. The summed E-state index contributed by atoms with van der Waals surface area (Å²) in [4.78, 5) is 11.4. The number of aromatic amines is 1. The van der Waals surface area contributed by atoms with Crippen LogP contribution in [0.3, 0.4) is 0 Å². The molecule has 1 aromatic carbocycles. The van der Waals surface area contributed by atoms with Crippen LogP contribution in [-0.2, 0) is 12.1 Å². The molecule has 2 aromatic rings. The van der Waals surface area contributed by atoms with E-state index in [1.807, 2.05) is 37.3 Å². The summed E-state index contributed by atoms with van der Waals surface area (Å²) in [6.07, 6.45) is 0. The number of aliphatic hydroxyl groups is 1. The quantitative estimate of drug-likeness (QED) is 0.815. The Kier molecular flexibility index (Phi) is 4.11. The van der Waals surface area contributed by atoms with Crippen molar-refractivity contribution in [3.05, 3.63) is 46.4 Å². The van der Waals surface area contributed by atoms with Gasteiger partial charge in [0.15, 0.2) is 5.16 Å². The van der Waals surface area contributed by atoms with Gasteiger partial charge in [-0.25, -0.2) is 9.89 Å². The van der Waals surface area contributed by atoms with E-state index in [9.17, 15) is 9.90 Å². The molecule has 0 aliphatic carbocycles. The molecule has 5 nitrogen and oxygen atoms in total. The van der Waals surface area contributed by atoms with Crippen LogP contribution >= 0.6 is 11.8 Å². The van der Waals surface area contributed by atoms with E-state index in [1.165, 1.54) is 11.8 Å². The second-order valence-corrected chi connectivity index (χ2v) is 5.43. The van der Waals surface area contributed by atoms with Gasteiger partial charge in [0.1, 0.15) is 0 Å². The molecule has 0 fully saturated rings. The van der Waals surface area contributed by atoms with Gasteiger partial charge in [0.05, 0.1) is 5.60 Å². The summed E-state index contributed by atoms with van der Waals surface area (Å²) in [5.74, 6) is 0.432. The molecule has 2 N–H and O–H groups in total. The van der Waals surface area contributed by atoms with Crippen LogP contribution < -0.4 is 5.69 Å². The number of hydrogen-bond acceptors (Lipinski definition) is 4. The highest BCUT2D eigenvalue weighted by Crippen LogP contribution is 2.27. The maximum atomic E-state index is 11.4. The molecule has 0 saturated carbocycles. The van der Waals surface area contributed by atoms with E-state index in [2.05, 4.69) is 10.2 Å². The molecule has 0 aliphatic heterocycles. The second-order valence-electron chi connectivity index (χ2n) is 4.48. The molecule has 0 saturated heterocycles. The van der Waals surface area contributed by atoms with E-state index < -0.39 is 5.60 Å². The minimum atomic E-state index is -0.959. The van der Waals surface area contributed by atoms with Crippen molar-refractivity contribution in [1.82, 2.24) is 14.8 Å². The van der Waals surface area contributed by atoms with Gasteiger partial charge >= 0.3 is 5.69 Å². The number of benzene rings is 1. The summed E-state index contributed by atoms with van der Waals surface area (Å²) in [5.41, 5.74) is -0.327. The van der Waals surface area contributed by atoms with Crippen molar-refractivity contribution in [1.29, 1.82) is 0 Å². The van der Waals surface area contributed by atoms with Crippen LogP contribution in [0.25, 0.3) is 0 Å². The number of nitrogens with zero attached hydrogens (tertiary/aromatic N) is 2. The molecule has 0 aliphatic rings. The Morgan fingerprint density at radius 3 is 2.74 bits per heavy atom. The number of thioether (sulfide) groups is 1. The minimum absolute atomic E-state index is 0.218. The molecule has 1 unspecified atom stereocenters. The van der Waals surface area contributed by atoms with Crippen molar-refractivity contribution >= 4 is 11.8 Å². The van der Waals surface area contributed by atoms with Crippen molar-refractivity contribution in [2.24, 2.45) is 0 Å². The molecule has 1 aromatic heterocycles. The van der Waals surface area contributed by atoms with Gasteiger partial charge in [-0.15, -0.1) is 5.10 Å². The SMILES string of the molecule is CCn1c(SCC(C)(O)c2ccccc2)n[nH]c1=O. The molecule has 1 atom stereocenters. The van der Waals surface area contributed by atoms with E-state index in [4.69, 9.17) is 0 Å². The topological polar surface area (TPSA) is 70.9 Å². The average molecular weight is 279 g/mol. The normalized spacial score (nSPS) is 14.3. The van der Waals surface area contributed by atoms with Gasteiger partial charge in [0, 0.05) is 12.3 Å². The highest BCUT2D eigenvalue weighted by molar-refractivity contribution is 7.99. The Morgan fingerprint density at radius 1 is 1.42 bits per heavy atom. The standard InChI is InChI=1S/C13H17N3O2S/c1-3-16-11(17)14-15-12(16)19-9-13(2,18)10-7-5-4-6-8-10/h4-8,18H,3,9H2,1-2H3,(H,14,17). The molecular weight excluding hydrogens is 262 g/mol. The van der Waals surface area contributed by atoms with E-state index in [-0.39, 0.29) is 5.69 Å². The highest BCUT2D eigenvalue weighted by atomic mass is 32.2. The largest absolute Gasteiger partial charge is 0.385 e. The van der Waals surface area contributed by atoms with Gasteiger partial charge in [-0.05, 0) is 19.4 Å².